The van der Waals surface area contributed by atoms with E-state index in [4.69, 9.17) is 0 Å². The number of rotatable bonds is 5. The van der Waals surface area contributed by atoms with Crippen LogP contribution in [0, 0.1) is 5.82 Å². The molecule has 2 aromatic heterocycles. The summed E-state index contributed by atoms with van der Waals surface area (Å²) in [4.78, 5) is 15.9. The summed E-state index contributed by atoms with van der Waals surface area (Å²) in [5, 5.41) is 10.4. The molecule has 3 aromatic rings. The molecular formula is C16H14FN5O. The number of hydrogen-bond donors (Lipinski definition) is 1. The van der Waals surface area contributed by atoms with Crippen LogP contribution in [-0.4, -0.2) is 25.9 Å². The third-order valence-electron chi connectivity index (χ3n) is 3.26. The largest absolute Gasteiger partial charge is 0.347 e. The molecule has 0 spiro atoms. The van der Waals surface area contributed by atoms with E-state index in [2.05, 4.69) is 20.6 Å². The Morgan fingerprint density at radius 2 is 1.96 bits per heavy atom. The summed E-state index contributed by atoms with van der Waals surface area (Å²) in [7, 11) is 0. The van der Waals surface area contributed by atoms with Gasteiger partial charge in [0, 0.05) is 24.5 Å². The van der Waals surface area contributed by atoms with Crippen molar-refractivity contribution in [3.05, 3.63) is 77.6 Å². The normalized spacial score (nSPS) is 10.5. The summed E-state index contributed by atoms with van der Waals surface area (Å²) in [6.45, 7) is 0.596. The van der Waals surface area contributed by atoms with E-state index in [1.165, 1.54) is 16.9 Å². The molecule has 1 N–H and O–H groups in total. The number of benzene rings is 1. The van der Waals surface area contributed by atoms with Gasteiger partial charge in [0.05, 0.1) is 12.7 Å². The number of nitrogens with zero attached hydrogens (tertiary/aromatic N) is 4. The van der Waals surface area contributed by atoms with Crippen molar-refractivity contribution in [3.63, 3.8) is 0 Å². The lowest BCUT2D eigenvalue weighted by Crippen LogP contribution is -2.23. The van der Waals surface area contributed by atoms with Gasteiger partial charge < -0.3 is 5.32 Å². The summed E-state index contributed by atoms with van der Waals surface area (Å²) in [5.41, 5.74) is 1.61. The number of aromatic nitrogens is 4. The summed E-state index contributed by atoms with van der Waals surface area (Å²) < 4.78 is 15.0. The third kappa shape index (κ3) is 3.76. The monoisotopic (exact) mass is 311 g/mol. The maximum Gasteiger partial charge on any atom is 0.273 e. The molecule has 0 fully saturated rings. The van der Waals surface area contributed by atoms with Crippen LogP contribution in [0.25, 0.3) is 0 Å². The standard InChI is InChI=1S/C16H14FN5O/c17-14-4-2-1-3-13(14)10-22-11-15(20-21-22)16(23)19-9-12-5-7-18-8-6-12/h1-8,11H,9-10H2,(H,19,23). The molecule has 0 atom stereocenters. The van der Waals surface area contributed by atoms with Crippen LogP contribution in [0.2, 0.25) is 0 Å². The number of halogens is 1. The summed E-state index contributed by atoms with van der Waals surface area (Å²) >= 11 is 0. The minimum Gasteiger partial charge on any atom is -0.347 e. The number of amides is 1. The van der Waals surface area contributed by atoms with Crippen molar-refractivity contribution in [1.29, 1.82) is 0 Å². The van der Waals surface area contributed by atoms with Crippen molar-refractivity contribution in [1.82, 2.24) is 25.3 Å². The van der Waals surface area contributed by atoms with E-state index in [9.17, 15) is 9.18 Å². The molecule has 0 unspecified atom stereocenters. The van der Waals surface area contributed by atoms with Gasteiger partial charge in [-0.2, -0.15) is 0 Å². The van der Waals surface area contributed by atoms with Crippen LogP contribution in [0.3, 0.4) is 0 Å². The number of carbonyl (C=O) groups is 1. The van der Waals surface area contributed by atoms with Crippen LogP contribution in [0.5, 0.6) is 0 Å². The molecule has 7 heteroatoms. The van der Waals surface area contributed by atoms with Gasteiger partial charge >= 0.3 is 0 Å². The highest BCUT2D eigenvalue weighted by Crippen LogP contribution is 2.08. The highest BCUT2D eigenvalue weighted by Gasteiger charge is 2.11. The van der Waals surface area contributed by atoms with Crippen LogP contribution in [0.4, 0.5) is 4.39 Å². The SMILES string of the molecule is O=C(NCc1ccncc1)c1cn(Cc2ccccc2F)nn1. The average molecular weight is 311 g/mol. The Labute approximate surface area is 132 Å². The van der Waals surface area contributed by atoms with Crippen molar-refractivity contribution in [2.45, 2.75) is 13.1 Å². The summed E-state index contributed by atoms with van der Waals surface area (Å²) in [6.07, 6.45) is 4.81. The van der Waals surface area contributed by atoms with Gasteiger partial charge in [0.25, 0.3) is 5.91 Å². The first-order valence-electron chi connectivity index (χ1n) is 7.03. The fourth-order valence-corrected chi connectivity index (χ4v) is 2.05. The van der Waals surface area contributed by atoms with E-state index in [0.29, 0.717) is 12.1 Å². The van der Waals surface area contributed by atoms with Gasteiger partial charge in [-0.15, -0.1) is 5.10 Å². The van der Waals surface area contributed by atoms with Gasteiger partial charge in [-0.1, -0.05) is 23.4 Å². The van der Waals surface area contributed by atoms with Crippen molar-refractivity contribution in [2.75, 3.05) is 0 Å². The van der Waals surface area contributed by atoms with E-state index in [0.717, 1.165) is 5.56 Å². The van der Waals surface area contributed by atoms with Crippen molar-refractivity contribution in [3.8, 4) is 0 Å². The molecule has 0 radical (unpaired) electrons. The second-order valence-corrected chi connectivity index (χ2v) is 4.93. The zero-order valence-corrected chi connectivity index (χ0v) is 12.2. The van der Waals surface area contributed by atoms with E-state index < -0.39 is 0 Å². The molecule has 2 heterocycles. The molecule has 1 amide bonds. The lowest BCUT2D eigenvalue weighted by Gasteiger charge is -2.03. The van der Waals surface area contributed by atoms with Crippen LogP contribution < -0.4 is 5.32 Å². The molecule has 23 heavy (non-hydrogen) atoms. The minimum absolute atomic E-state index is 0.190. The number of pyridine rings is 1. The van der Waals surface area contributed by atoms with Gasteiger partial charge in [-0.25, -0.2) is 9.07 Å². The molecule has 0 saturated heterocycles. The summed E-state index contributed by atoms with van der Waals surface area (Å²) in [6, 6.07) is 10.1. The predicted molar refractivity (Wildman–Crippen MR) is 80.9 cm³/mol. The Bertz CT molecular complexity index is 803. The zero-order valence-electron chi connectivity index (χ0n) is 12.2. The zero-order chi connectivity index (χ0) is 16.1. The number of hydrogen-bond acceptors (Lipinski definition) is 4. The van der Waals surface area contributed by atoms with E-state index >= 15 is 0 Å². The molecule has 0 aliphatic rings. The molecule has 6 nitrogen and oxygen atoms in total. The Morgan fingerprint density at radius 3 is 2.74 bits per heavy atom. The molecule has 3 rings (SSSR count). The number of nitrogens with one attached hydrogen (secondary N) is 1. The predicted octanol–water partition coefficient (Wildman–Crippen LogP) is 1.79. The lowest BCUT2D eigenvalue weighted by molar-refractivity contribution is 0.0946. The highest BCUT2D eigenvalue weighted by molar-refractivity contribution is 5.91. The van der Waals surface area contributed by atoms with Crippen molar-refractivity contribution in [2.24, 2.45) is 0 Å². The lowest BCUT2D eigenvalue weighted by atomic mass is 10.2. The smallest absolute Gasteiger partial charge is 0.273 e. The molecule has 0 aliphatic heterocycles. The Morgan fingerprint density at radius 1 is 1.17 bits per heavy atom. The Hall–Kier alpha value is -3.09. The molecule has 0 bridgehead atoms. The summed E-state index contributed by atoms with van der Waals surface area (Å²) in [5.74, 6) is -0.645. The van der Waals surface area contributed by atoms with Crippen LogP contribution in [0.15, 0.2) is 55.0 Å². The van der Waals surface area contributed by atoms with Gasteiger partial charge in [0.15, 0.2) is 5.69 Å². The second-order valence-electron chi connectivity index (χ2n) is 4.93. The van der Waals surface area contributed by atoms with E-state index in [1.54, 1.807) is 30.6 Å². The Balaban J connectivity index is 1.62. The first kappa shape index (κ1) is 14.8. The fraction of sp³-hybridized carbons (Fsp3) is 0.125. The first-order chi connectivity index (χ1) is 11.2. The second kappa shape index (κ2) is 6.78. The van der Waals surface area contributed by atoms with E-state index in [1.807, 2.05) is 12.1 Å². The number of carbonyl (C=O) groups excluding carboxylic acids is 1. The topological polar surface area (TPSA) is 72.7 Å². The molecule has 116 valence electrons. The molecule has 1 aromatic carbocycles. The van der Waals surface area contributed by atoms with Crippen molar-refractivity contribution < 1.29 is 9.18 Å². The minimum atomic E-state index is -0.332. The third-order valence-corrected chi connectivity index (χ3v) is 3.26. The molecular weight excluding hydrogens is 297 g/mol. The highest BCUT2D eigenvalue weighted by atomic mass is 19.1. The quantitative estimate of drug-likeness (QED) is 0.780. The maximum atomic E-state index is 13.6. The first-order valence-corrected chi connectivity index (χ1v) is 7.03. The van der Waals surface area contributed by atoms with Crippen LogP contribution >= 0.6 is 0 Å². The average Bonchev–Trinajstić information content (AvgIpc) is 3.04. The van der Waals surface area contributed by atoms with Gasteiger partial charge in [-0.05, 0) is 23.8 Å². The van der Waals surface area contributed by atoms with Gasteiger partial charge in [0.2, 0.25) is 0 Å². The van der Waals surface area contributed by atoms with Crippen LogP contribution in [0.1, 0.15) is 21.6 Å². The van der Waals surface area contributed by atoms with Gasteiger partial charge in [0.1, 0.15) is 5.82 Å². The van der Waals surface area contributed by atoms with E-state index in [-0.39, 0.29) is 24.0 Å². The molecule has 0 aliphatic carbocycles. The van der Waals surface area contributed by atoms with Gasteiger partial charge in [-0.3, -0.25) is 9.78 Å². The maximum absolute atomic E-state index is 13.6. The van der Waals surface area contributed by atoms with Crippen molar-refractivity contribution >= 4 is 5.91 Å². The van der Waals surface area contributed by atoms with Crippen LogP contribution in [-0.2, 0) is 13.1 Å². The fourth-order valence-electron chi connectivity index (χ4n) is 2.05. The molecule has 0 saturated carbocycles. The Kier molecular flexibility index (Phi) is 4.37.